The van der Waals surface area contributed by atoms with E-state index in [2.05, 4.69) is 4.90 Å². The van der Waals surface area contributed by atoms with E-state index in [1.807, 2.05) is 12.1 Å². The second-order valence-electron chi connectivity index (χ2n) is 6.15. The van der Waals surface area contributed by atoms with Crippen LogP contribution in [0, 0.1) is 23.1 Å². The van der Waals surface area contributed by atoms with Gasteiger partial charge < -0.3 is 0 Å². The summed E-state index contributed by atoms with van der Waals surface area (Å²) in [5, 5.41) is 8.93. The van der Waals surface area contributed by atoms with Gasteiger partial charge >= 0.3 is 0 Å². The summed E-state index contributed by atoms with van der Waals surface area (Å²) in [6.45, 7) is 2.00. The molecule has 2 nitrogen and oxygen atoms in total. The minimum absolute atomic E-state index is 0.166. The van der Waals surface area contributed by atoms with E-state index in [0.717, 1.165) is 24.6 Å². The van der Waals surface area contributed by atoms with Crippen molar-refractivity contribution in [1.29, 1.82) is 5.26 Å². The number of hydrogen-bond acceptors (Lipinski definition) is 2. The highest BCUT2D eigenvalue weighted by atomic mass is 19.1. The average Bonchev–Trinajstić information content (AvgIpc) is 2.49. The molecule has 1 aliphatic heterocycles. The van der Waals surface area contributed by atoms with Crippen molar-refractivity contribution in [2.75, 3.05) is 6.54 Å². The second kappa shape index (κ2) is 5.93. The van der Waals surface area contributed by atoms with Crippen LogP contribution in [0.4, 0.5) is 4.39 Å². The zero-order valence-corrected chi connectivity index (χ0v) is 11.8. The number of fused-ring (bicyclic) bond motifs is 1. The van der Waals surface area contributed by atoms with Crippen molar-refractivity contribution in [3.63, 3.8) is 0 Å². The molecule has 0 aromatic heterocycles. The summed E-state index contributed by atoms with van der Waals surface area (Å²) in [6.07, 6.45) is 8.03. The fraction of sp³-hybridized carbons (Fsp3) is 0.588. The lowest BCUT2D eigenvalue weighted by Crippen LogP contribution is -2.46. The van der Waals surface area contributed by atoms with Gasteiger partial charge in [-0.1, -0.05) is 18.9 Å². The molecule has 2 atom stereocenters. The van der Waals surface area contributed by atoms with E-state index in [0.29, 0.717) is 6.04 Å². The van der Waals surface area contributed by atoms with Crippen LogP contribution < -0.4 is 0 Å². The molecule has 2 fully saturated rings. The summed E-state index contributed by atoms with van der Waals surface area (Å²) < 4.78 is 13.4. The van der Waals surface area contributed by atoms with E-state index in [9.17, 15) is 4.39 Å². The smallest absolute Gasteiger partial charge is 0.140 e. The number of benzene rings is 1. The van der Waals surface area contributed by atoms with E-state index in [1.165, 1.54) is 44.6 Å². The lowest BCUT2D eigenvalue weighted by Gasteiger charge is -2.44. The van der Waals surface area contributed by atoms with Gasteiger partial charge in [0.1, 0.15) is 11.9 Å². The van der Waals surface area contributed by atoms with Crippen LogP contribution in [0.15, 0.2) is 18.2 Å². The van der Waals surface area contributed by atoms with Crippen LogP contribution in [0.2, 0.25) is 0 Å². The molecule has 106 valence electrons. The normalized spacial score (nSPS) is 26.8. The topological polar surface area (TPSA) is 27.0 Å². The van der Waals surface area contributed by atoms with Gasteiger partial charge in [0.15, 0.2) is 0 Å². The number of rotatable bonds is 2. The predicted octanol–water partition coefficient (Wildman–Crippen LogP) is 3.85. The third-order valence-electron chi connectivity index (χ3n) is 4.90. The molecule has 0 bridgehead atoms. The molecule has 1 aromatic rings. The van der Waals surface area contributed by atoms with E-state index in [-0.39, 0.29) is 5.56 Å². The first-order valence-corrected chi connectivity index (χ1v) is 7.70. The van der Waals surface area contributed by atoms with Gasteiger partial charge in [0.05, 0.1) is 5.56 Å². The maximum absolute atomic E-state index is 13.4. The Hall–Kier alpha value is -1.40. The molecule has 2 aliphatic rings. The first kappa shape index (κ1) is 13.6. The summed E-state index contributed by atoms with van der Waals surface area (Å²) >= 11 is 0. The van der Waals surface area contributed by atoms with Gasteiger partial charge in [-0.15, -0.1) is 0 Å². The van der Waals surface area contributed by atoms with Crippen LogP contribution in [-0.2, 0) is 6.54 Å². The zero-order chi connectivity index (χ0) is 13.9. The molecule has 1 aromatic carbocycles. The first-order valence-electron chi connectivity index (χ1n) is 7.70. The number of piperidine rings is 1. The Bertz CT molecular complexity index is 518. The highest BCUT2D eigenvalue weighted by Gasteiger charge is 2.32. The summed E-state index contributed by atoms with van der Waals surface area (Å²) in [5.41, 5.74) is 1.23. The summed E-state index contributed by atoms with van der Waals surface area (Å²) in [5.74, 6) is 0.443. The van der Waals surface area contributed by atoms with Crippen molar-refractivity contribution in [1.82, 2.24) is 4.90 Å². The summed E-state index contributed by atoms with van der Waals surface area (Å²) in [4.78, 5) is 2.56. The maximum atomic E-state index is 13.4. The van der Waals surface area contributed by atoms with Crippen LogP contribution in [0.1, 0.15) is 49.7 Å². The van der Waals surface area contributed by atoms with Gasteiger partial charge in [0.25, 0.3) is 0 Å². The van der Waals surface area contributed by atoms with E-state index >= 15 is 0 Å². The van der Waals surface area contributed by atoms with Crippen molar-refractivity contribution >= 4 is 0 Å². The standard InChI is InChI=1S/C17H21FN2/c18-16-8-7-13(10-15(16)11-19)12-20-9-3-5-14-4-1-2-6-17(14)20/h7-8,10,14,17H,1-6,9,12H2/t14-,17-/m1/s1. The van der Waals surface area contributed by atoms with Gasteiger partial charge in [-0.25, -0.2) is 4.39 Å². The molecule has 20 heavy (non-hydrogen) atoms. The van der Waals surface area contributed by atoms with Crippen molar-refractivity contribution < 1.29 is 4.39 Å². The van der Waals surface area contributed by atoms with E-state index < -0.39 is 5.82 Å². The number of nitrogens with zero attached hydrogens (tertiary/aromatic N) is 2. The zero-order valence-electron chi connectivity index (χ0n) is 11.8. The van der Waals surface area contributed by atoms with Gasteiger partial charge in [-0.3, -0.25) is 4.90 Å². The molecule has 0 N–H and O–H groups in total. The van der Waals surface area contributed by atoms with Crippen molar-refractivity contribution in [3.05, 3.63) is 35.1 Å². The van der Waals surface area contributed by atoms with Crippen LogP contribution in [0.5, 0.6) is 0 Å². The maximum Gasteiger partial charge on any atom is 0.140 e. The van der Waals surface area contributed by atoms with Crippen molar-refractivity contribution in [2.45, 2.75) is 51.1 Å². The van der Waals surface area contributed by atoms with Gasteiger partial charge in [0, 0.05) is 12.6 Å². The van der Waals surface area contributed by atoms with Gasteiger partial charge in [-0.2, -0.15) is 5.26 Å². The third kappa shape index (κ3) is 2.71. The average molecular weight is 272 g/mol. The molecular weight excluding hydrogens is 251 g/mol. The highest BCUT2D eigenvalue weighted by molar-refractivity contribution is 5.34. The van der Waals surface area contributed by atoms with Crippen LogP contribution in [-0.4, -0.2) is 17.5 Å². The minimum Gasteiger partial charge on any atom is -0.296 e. The molecule has 0 amide bonds. The summed E-state index contributed by atoms with van der Waals surface area (Å²) in [6, 6.07) is 7.60. The third-order valence-corrected chi connectivity index (χ3v) is 4.90. The Morgan fingerprint density at radius 1 is 1.20 bits per heavy atom. The first-order chi connectivity index (χ1) is 9.78. The van der Waals surface area contributed by atoms with Crippen LogP contribution in [0.25, 0.3) is 0 Å². The Balaban J connectivity index is 1.74. The van der Waals surface area contributed by atoms with E-state index in [4.69, 9.17) is 5.26 Å². The van der Waals surface area contributed by atoms with Crippen molar-refractivity contribution in [3.8, 4) is 6.07 Å². The lowest BCUT2D eigenvalue weighted by molar-refractivity contribution is 0.0547. The number of hydrogen-bond donors (Lipinski definition) is 0. The molecule has 1 saturated carbocycles. The molecule has 0 radical (unpaired) electrons. The SMILES string of the molecule is N#Cc1cc(CN2CCC[C@H]3CCCC[C@H]32)ccc1F. The molecule has 1 heterocycles. The quantitative estimate of drug-likeness (QED) is 0.817. The van der Waals surface area contributed by atoms with E-state index in [1.54, 1.807) is 6.07 Å². The molecule has 3 heteroatoms. The monoisotopic (exact) mass is 272 g/mol. The molecule has 0 unspecified atom stereocenters. The Morgan fingerprint density at radius 3 is 2.85 bits per heavy atom. The minimum atomic E-state index is -0.412. The fourth-order valence-electron chi connectivity index (χ4n) is 3.92. The molecule has 1 aliphatic carbocycles. The summed E-state index contributed by atoms with van der Waals surface area (Å²) in [7, 11) is 0. The largest absolute Gasteiger partial charge is 0.296 e. The predicted molar refractivity (Wildman–Crippen MR) is 76.5 cm³/mol. The number of halogens is 1. The van der Waals surface area contributed by atoms with Gasteiger partial charge in [-0.05, 0) is 55.8 Å². The fourth-order valence-corrected chi connectivity index (χ4v) is 3.92. The Morgan fingerprint density at radius 2 is 2.00 bits per heavy atom. The van der Waals surface area contributed by atoms with Crippen LogP contribution in [0.3, 0.4) is 0 Å². The molecule has 0 spiro atoms. The second-order valence-corrected chi connectivity index (χ2v) is 6.15. The Labute approximate surface area is 120 Å². The molecule has 3 rings (SSSR count). The highest BCUT2D eigenvalue weighted by Crippen LogP contribution is 2.35. The number of likely N-dealkylation sites (tertiary alicyclic amines) is 1. The number of nitriles is 1. The Kier molecular flexibility index (Phi) is 4.03. The molecule has 1 saturated heterocycles. The lowest BCUT2D eigenvalue weighted by atomic mass is 9.78. The van der Waals surface area contributed by atoms with Crippen molar-refractivity contribution in [2.24, 2.45) is 5.92 Å². The molecular formula is C17H21FN2. The van der Waals surface area contributed by atoms with Gasteiger partial charge in [0.2, 0.25) is 0 Å². The van der Waals surface area contributed by atoms with Crippen LogP contribution >= 0.6 is 0 Å².